The van der Waals surface area contributed by atoms with Gasteiger partial charge in [-0.3, -0.25) is 0 Å². The summed E-state index contributed by atoms with van der Waals surface area (Å²) in [7, 11) is 0. The third-order valence-electron chi connectivity index (χ3n) is 4.63. The van der Waals surface area contributed by atoms with E-state index in [0.717, 1.165) is 11.8 Å². The predicted molar refractivity (Wildman–Crippen MR) is 65.6 cm³/mol. The quantitative estimate of drug-likeness (QED) is 0.537. The van der Waals surface area contributed by atoms with Crippen LogP contribution in [0, 0.1) is 24.7 Å². The van der Waals surface area contributed by atoms with Crippen molar-refractivity contribution in [2.75, 3.05) is 0 Å². The average molecular weight is 206 g/mol. The van der Waals surface area contributed by atoms with Gasteiger partial charge in [-0.1, -0.05) is 57.8 Å². The van der Waals surface area contributed by atoms with Crippen LogP contribution in [0.15, 0.2) is 0 Å². The monoisotopic (exact) mass is 206 g/mol. The summed E-state index contributed by atoms with van der Waals surface area (Å²) in [5.41, 5.74) is 0. The summed E-state index contributed by atoms with van der Waals surface area (Å²) in [6, 6.07) is 0. The number of hydrogen-bond acceptors (Lipinski definition) is 0. The van der Waals surface area contributed by atoms with E-state index in [1.54, 1.807) is 0 Å². The SMILES string of the molecule is [CH]C1CCCCCC1C1CCCCCC1. The van der Waals surface area contributed by atoms with E-state index < -0.39 is 0 Å². The topological polar surface area (TPSA) is 0 Å². The summed E-state index contributed by atoms with van der Waals surface area (Å²) in [6.07, 6.45) is 15.8. The van der Waals surface area contributed by atoms with Gasteiger partial charge in [0.25, 0.3) is 0 Å². The highest BCUT2D eigenvalue weighted by atomic mass is 14.3. The van der Waals surface area contributed by atoms with Crippen molar-refractivity contribution in [1.82, 2.24) is 0 Å². The van der Waals surface area contributed by atoms with Crippen LogP contribution >= 0.6 is 0 Å². The van der Waals surface area contributed by atoms with Crippen molar-refractivity contribution in [1.29, 1.82) is 0 Å². The van der Waals surface area contributed by atoms with Gasteiger partial charge in [-0.25, -0.2) is 0 Å². The first-order valence-electron chi connectivity index (χ1n) is 7.13. The molecule has 0 saturated heterocycles. The van der Waals surface area contributed by atoms with E-state index in [-0.39, 0.29) is 0 Å². The second kappa shape index (κ2) is 5.92. The molecule has 0 bridgehead atoms. The first-order chi connectivity index (χ1) is 7.38. The lowest BCUT2D eigenvalue weighted by Gasteiger charge is -2.29. The normalized spacial score (nSPS) is 35.8. The van der Waals surface area contributed by atoms with Gasteiger partial charge in [-0.15, -0.1) is 0 Å². The highest BCUT2D eigenvalue weighted by molar-refractivity contribution is 4.82. The van der Waals surface area contributed by atoms with Gasteiger partial charge in [0.05, 0.1) is 0 Å². The smallest absolute Gasteiger partial charge is 0.0315 e. The van der Waals surface area contributed by atoms with Gasteiger partial charge in [0, 0.05) is 0 Å². The Morgan fingerprint density at radius 1 is 0.600 bits per heavy atom. The highest BCUT2D eigenvalue weighted by Crippen LogP contribution is 2.39. The van der Waals surface area contributed by atoms with Gasteiger partial charge in [-0.2, -0.15) is 0 Å². The Bertz CT molecular complexity index is 165. The summed E-state index contributed by atoms with van der Waals surface area (Å²) < 4.78 is 0. The fraction of sp³-hybridized carbons (Fsp3) is 0.933. The maximum absolute atomic E-state index is 6.36. The van der Waals surface area contributed by atoms with Gasteiger partial charge in [0.2, 0.25) is 0 Å². The summed E-state index contributed by atoms with van der Waals surface area (Å²) in [4.78, 5) is 0. The molecule has 2 radical (unpaired) electrons. The zero-order chi connectivity index (χ0) is 10.5. The van der Waals surface area contributed by atoms with Crippen molar-refractivity contribution in [3.05, 3.63) is 6.92 Å². The molecular weight excluding hydrogens is 180 g/mol. The van der Waals surface area contributed by atoms with E-state index in [2.05, 4.69) is 0 Å². The lowest BCUT2D eigenvalue weighted by molar-refractivity contribution is 0.222. The Labute approximate surface area is 95.8 Å². The zero-order valence-electron chi connectivity index (χ0n) is 10.1. The molecule has 2 aliphatic carbocycles. The number of hydrogen-bond donors (Lipinski definition) is 0. The molecule has 2 atom stereocenters. The van der Waals surface area contributed by atoms with Crippen molar-refractivity contribution >= 4 is 0 Å². The Kier molecular flexibility index (Phi) is 4.53. The van der Waals surface area contributed by atoms with Crippen LogP contribution in [0.25, 0.3) is 0 Å². The molecule has 2 saturated carbocycles. The molecule has 0 aromatic rings. The van der Waals surface area contributed by atoms with Crippen LogP contribution in [0.5, 0.6) is 0 Å². The van der Waals surface area contributed by atoms with E-state index >= 15 is 0 Å². The van der Waals surface area contributed by atoms with Crippen LogP contribution < -0.4 is 0 Å². The maximum Gasteiger partial charge on any atom is -0.0315 e. The van der Waals surface area contributed by atoms with Crippen molar-refractivity contribution in [2.24, 2.45) is 17.8 Å². The molecule has 0 nitrogen and oxygen atoms in total. The molecule has 0 aliphatic heterocycles. The molecule has 2 fully saturated rings. The minimum absolute atomic E-state index is 0.524. The Morgan fingerprint density at radius 2 is 1.13 bits per heavy atom. The lowest BCUT2D eigenvalue weighted by Crippen LogP contribution is -2.20. The minimum Gasteiger partial charge on any atom is -0.0533 e. The zero-order valence-corrected chi connectivity index (χ0v) is 10.1. The van der Waals surface area contributed by atoms with Gasteiger partial charge >= 0.3 is 0 Å². The van der Waals surface area contributed by atoms with Crippen LogP contribution in [-0.2, 0) is 0 Å². The largest absolute Gasteiger partial charge is 0.0533 e. The van der Waals surface area contributed by atoms with Crippen molar-refractivity contribution in [3.63, 3.8) is 0 Å². The number of rotatable bonds is 1. The molecule has 86 valence electrons. The summed E-state index contributed by atoms with van der Waals surface area (Å²) >= 11 is 0. The second-order valence-corrected chi connectivity index (χ2v) is 5.72. The summed E-state index contributed by atoms with van der Waals surface area (Å²) in [5, 5.41) is 0. The van der Waals surface area contributed by atoms with Crippen LogP contribution in [0.2, 0.25) is 0 Å². The van der Waals surface area contributed by atoms with E-state index in [1.807, 2.05) is 0 Å². The standard InChI is InChI=1S/C15H26/c1-13-9-5-4-8-12-15(13)14-10-6-2-3-7-11-14/h1,13-15H,2-12H2. The van der Waals surface area contributed by atoms with Crippen molar-refractivity contribution in [2.45, 2.75) is 70.6 Å². The molecule has 0 aromatic heterocycles. The fourth-order valence-electron chi connectivity index (χ4n) is 3.69. The van der Waals surface area contributed by atoms with Crippen LogP contribution in [0.1, 0.15) is 70.6 Å². The van der Waals surface area contributed by atoms with E-state index in [1.165, 1.54) is 70.6 Å². The first kappa shape index (κ1) is 11.5. The highest BCUT2D eigenvalue weighted by Gasteiger charge is 2.28. The third-order valence-corrected chi connectivity index (χ3v) is 4.63. The van der Waals surface area contributed by atoms with Crippen LogP contribution in [0.3, 0.4) is 0 Å². The molecule has 0 amide bonds. The Morgan fingerprint density at radius 3 is 1.87 bits per heavy atom. The van der Waals surface area contributed by atoms with Gasteiger partial charge in [-0.05, 0) is 37.5 Å². The first-order valence-corrected chi connectivity index (χ1v) is 7.13. The molecule has 2 rings (SSSR count). The fourth-order valence-corrected chi connectivity index (χ4v) is 3.69. The molecular formula is C15H26. The molecule has 0 heteroatoms. The Balaban J connectivity index is 1.92. The van der Waals surface area contributed by atoms with Gasteiger partial charge in [0.1, 0.15) is 0 Å². The van der Waals surface area contributed by atoms with Gasteiger partial charge < -0.3 is 0 Å². The summed E-state index contributed by atoms with van der Waals surface area (Å²) in [5.74, 6) is 2.36. The summed E-state index contributed by atoms with van der Waals surface area (Å²) in [6.45, 7) is 6.36. The molecule has 15 heavy (non-hydrogen) atoms. The third kappa shape index (κ3) is 3.23. The molecule has 0 spiro atoms. The maximum atomic E-state index is 6.36. The van der Waals surface area contributed by atoms with Crippen LogP contribution in [-0.4, -0.2) is 0 Å². The van der Waals surface area contributed by atoms with E-state index in [9.17, 15) is 0 Å². The minimum atomic E-state index is 0.524. The van der Waals surface area contributed by atoms with E-state index in [4.69, 9.17) is 6.92 Å². The second-order valence-electron chi connectivity index (χ2n) is 5.72. The lowest BCUT2D eigenvalue weighted by atomic mass is 9.76. The van der Waals surface area contributed by atoms with Crippen molar-refractivity contribution in [3.8, 4) is 0 Å². The van der Waals surface area contributed by atoms with E-state index in [0.29, 0.717) is 5.92 Å². The van der Waals surface area contributed by atoms with Crippen LogP contribution in [0.4, 0.5) is 0 Å². The molecule has 0 heterocycles. The average Bonchev–Trinajstić information content (AvgIpc) is 2.59. The molecule has 0 aromatic carbocycles. The molecule has 2 unspecified atom stereocenters. The van der Waals surface area contributed by atoms with Crippen molar-refractivity contribution < 1.29 is 0 Å². The molecule has 0 N–H and O–H groups in total. The molecule has 2 aliphatic rings. The Hall–Kier alpha value is 0. The van der Waals surface area contributed by atoms with Gasteiger partial charge in [0.15, 0.2) is 0 Å². The predicted octanol–water partition coefficient (Wildman–Crippen LogP) is 4.86.